The molecule has 0 aromatic rings. The fourth-order valence-corrected chi connectivity index (χ4v) is 2.50. The van der Waals surface area contributed by atoms with E-state index in [-0.39, 0.29) is 0 Å². The highest BCUT2D eigenvalue weighted by molar-refractivity contribution is 4.98. The lowest BCUT2D eigenvalue weighted by Gasteiger charge is -2.30. The van der Waals surface area contributed by atoms with Crippen LogP contribution in [0.2, 0.25) is 0 Å². The first-order valence-corrected chi connectivity index (χ1v) is 5.73. The Labute approximate surface area is 77.7 Å². The predicted molar refractivity (Wildman–Crippen MR) is 55.0 cm³/mol. The summed E-state index contributed by atoms with van der Waals surface area (Å²) in [5.74, 6) is 2.90. The van der Waals surface area contributed by atoms with Crippen molar-refractivity contribution >= 4 is 0 Å². The summed E-state index contributed by atoms with van der Waals surface area (Å²) in [6.07, 6.45) is 11.5. The summed E-state index contributed by atoms with van der Waals surface area (Å²) >= 11 is 0. The minimum absolute atomic E-state index is 1.00. The van der Waals surface area contributed by atoms with E-state index in [0.29, 0.717) is 0 Å². The van der Waals surface area contributed by atoms with Gasteiger partial charge in [0.25, 0.3) is 0 Å². The second-order valence-corrected chi connectivity index (χ2v) is 4.14. The van der Waals surface area contributed by atoms with Crippen LogP contribution >= 0.6 is 0 Å². The SMILES string of the molecule is CCC[C]1CCCCC1CCC. The van der Waals surface area contributed by atoms with E-state index < -0.39 is 0 Å². The van der Waals surface area contributed by atoms with Gasteiger partial charge in [0, 0.05) is 0 Å². The zero-order chi connectivity index (χ0) is 8.81. The zero-order valence-electron chi connectivity index (χ0n) is 8.73. The Morgan fingerprint density at radius 1 is 1.17 bits per heavy atom. The molecule has 0 aliphatic heterocycles. The fourth-order valence-electron chi connectivity index (χ4n) is 2.50. The van der Waals surface area contributed by atoms with Gasteiger partial charge in [0.05, 0.1) is 0 Å². The van der Waals surface area contributed by atoms with Gasteiger partial charge in [0.1, 0.15) is 0 Å². The van der Waals surface area contributed by atoms with E-state index in [1.807, 2.05) is 5.92 Å². The van der Waals surface area contributed by atoms with Gasteiger partial charge in [-0.15, -0.1) is 0 Å². The first kappa shape index (κ1) is 10.1. The fraction of sp³-hybridized carbons (Fsp3) is 0.917. The van der Waals surface area contributed by atoms with Crippen LogP contribution in [0.25, 0.3) is 0 Å². The Morgan fingerprint density at radius 3 is 2.67 bits per heavy atom. The molecular weight excluding hydrogens is 144 g/mol. The van der Waals surface area contributed by atoms with Gasteiger partial charge in [0.2, 0.25) is 0 Å². The third-order valence-corrected chi connectivity index (χ3v) is 3.09. The van der Waals surface area contributed by atoms with Crippen molar-refractivity contribution in [2.75, 3.05) is 0 Å². The molecule has 0 spiro atoms. The molecule has 0 N–H and O–H groups in total. The molecule has 0 heteroatoms. The first-order chi connectivity index (χ1) is 5.88. The van der Waals surface area contributed by atoms with Gasteiger partial charge >= 0.3 is 0 Å². The third kappa shape index (κ3) is 2.80. The highest BCUT2D eigenvalue weighted by Crippen LogP contribution is 2.37. The Kier molecular flexibility index (Phi) is 4.72. The van der Waals surface area contributed by atoms with E-state index in [9.17, 15) is 0 Å². The van der Waals surface area contributed by atoms with Gasteiger partial charge in [-0.05, 0) is 31.1 Å². The molecule has 1 fully saturated rings. The molecule has 0 bridgehead atoms. The maximum Gasteiger partial charge on any atom is -0.0210 e. The molecule has 1 aliphatic carbocycles. The molecule has 1 radical (unpaired) electrons. The van der Waals surface area contributed by atoms with Crippen LogP contribution in [-0.2, 0) is 0 Å². The number of rotatable bonds is 4. The molecule has 1 rings (SSSR count). The van der Waals surface area contributed by atoms with Crippen molar-refractivity contribution in [2.24, 2.45) is 5.92 Å². The molecule has 0 nitrogen and oxygen atoms in total. The van der Waals surface area contributed by atoms with Gasteiger partial charge in [-0.1, -0.05) is 46.0 Å². The molecule has 1 unspecified atom stereocenters. The Bertz CT molecular complexity index is 88.6. The molecule has 0 saturated heterocycles. The molecular formula is C12H23. The van der Waals surface area contributed by atoms with Crippen molar-refractivity contribution in [3.63, 3.8) is 0 Å². The van der Waals surface area contributed by atoms with Gasteiger partial charge in [-0.3, -0.25) is 0 Å². The second kappa shape index (κ2) is 5.61. The molecule has 0 amide bonds. The van der Waals surface area contributed by atoms with Gasteiger partial charge in [-0.25, -0.2) is 0 Å². The Balaban J connectivity index is 2.31. The van der Waals surface area contributed by atoms with Crippen molar-refractivity contribution in [1.82, 2.24) is 0 Å². The van der Waals surface area contributed by atoms with Crippen LogP contribution in [-0.4, -0.2) is 0 Å². The van der Waals surface area contributed by atoms with E-state index in [1.54, 1.807) is 0 Å². The van der Waals surface area contributed by atoms with Crippen molar-refractivity contribution in [2.45, 2.75) is 65.2 Å². The van der Waals surface area contributed by atoms with E-state index >= 15 is 0 Å². The van der Waals surface area contributed by atoms with Crippen LogP contribution in [0.5, 0.6) is 0 Å². The molecule has 0 heterocycles. The highest BCUT2D eigenvalue weighted by atomic mass is 14.3. The van der Waals surface area contributed by atoms with Crippen LogP contribution < -0.4 is 0 Å². The summed E-state index contributed by atoms with van der Waals surface area (Å²) in [6, 6.07) is 0. The summed E-state index contributed by atoms with van der Waals surface area (Å²) in [5.41, 5.74) is 0. The smallest absolute Gasteiger partial charge is 0.0210 e. The lowest BCUT2D eigenvalue weighted by atomic mass is 9.75. The summed E-state index contributed by atoms with van der Waals surface area (Å²) in [6.45, 7) is 4.63. The van der Waals surface area contributed by atoms with Crippen LogP contribution in [0.3, 0.4) is 0 Å². The predicted octanol–water partition coefficient (Wildman–Crippen LogP) is 4.35. The minimum Gasteiger partial charge on any atom is -0.0654 e. The normalized spacial score (nSPS) is 26.0. The topological polar surface area (TPSA) is 0 Å². The maximum atomic E-state index is 2.32. The number of hydrogen-bond donors (Lipinski definition) is 0. The van der Waals surface area contributed by atoms with E-state index in [2.05, 4.69) is 13.8 Å². The van der Waals surface area contributed by atoms with Crippen LogP contribution in [0.4, 0.5) is 0 Å². The summed E-state index contributed by atoms with van der Waals surface area (Å²) in [5, 5.41) is 0. The molecule has 0 aromatic carbocycles. The Morgan fingerprint density at radius 2 is 2.00 bits per heavy atom. The Hall–Kier alpha value is 0. The molecule has 12 heavy (non-hydrogen) atoms. The van der Waals surface area contributed by atoms with E-state index in [4.69, 9.17) is 0 Å². The van der Waals surface area contributed by atoms with Gasteiger partial charge in [-0.2, -0.15) is 0 Å². The van der Waals surface area contributed by atoms with Crippen molar-refractivity contribution in [1.29, 1.82) is 0 Å². The highest BCUT2D eigenvalue weighted by Gasteiger charge is 2.23. The minimum atomic E-state index is 1.00. The van der Waals surface area contributed by atoms with Gasteiger partial charge < -0.3 is 0 Å². The van der Waals surface area contributed by atoms with Crippen LogP contribution in [0.1, 0.15) is 65.2 Å². The quantitative estimate of drug-likeness (QED) is 0.584. The van der Waals surface area contributed by atoms with Crippen molar-refractivity contribution in [3.8, 4) is 0 Å². The third-order valence-electron chi connectivity index (χ3n) is 3.09. The monoisotopic (exact) mass is 167 g/mol. The van der Waals surface area contributed by atoms with Crippen molar-refractivity contribution < 1.29 is 0 Å². The van der Waals surface area contributed by atoms with Crippen molar-refractivity contribution in [3.05, 3.63) is 5.92 Å². The standard InChI is InChI=1S/C12H23/c1-3-7-11-9-5-6-10-12(11)8-4-2/h11H,3-10H2,1-2H3. The molecule has 71 valence electrons. The first-order valence-electron chi connectivity index (χ1n) is 5.73. The van der Waals surface area contributed by atoms with Crippen LogP contribution in [0.15, 0.2) is 0 Å². The van der Waals surface area contributed by atoms with E-state index in [1.165, 1.54) is 51.4 Å². The lowest BCUT2D eigenvalue weighted by molar-refractivity contribution is 0.351. The molecule has 1 atom stereocenters. The molecule has 0 aromatic heterocycles. The second-order valence-electron chi connectivity index (χ2n) is 4.14. The van der Waals surface area contributed by atoms with E-state index in [0.717, 1.165) is 5.92 Å². The largest absolute Gasteiger partial charge is 0.0654 e. The average Bonchev–Trinajstić information content (AvgIpc) is 2.09. The molecule has 1 saturated carbocycles. The lowest BCUT2D eigenvalue weighted by Crippen LogP contribution is -2.17. The summed E-state index contributed by atoms with van der Waals surface area (Å²) in [4.78, 5) is 0. The summed E-state index contributed by atoms with van der Waals surface area (Å²) < 4.78 is 0. The maximum absolute atomic E-state index is 2.32. The molecule has 1 aliphatic rings. The summed E-state index contributed by atoms with van der Waals surface area (Å²) in [7, 11) is 0. The number of hydrogen-bond acceptors (Lipinski definition) is 0. The average molecular weight is 167 g/mol. The zero-order valence-corrected chi connectivity index (χ0v) is 8.73. The van der Waals surface area contributed by atoms with Gasteiger partial charge in [0.15, 0.2) is 0 Å². The van der Waals surface area contributed by atoms with Crippen LogP contribution in [0, 0.1) is 11.8 Å².